The molecule has 17 heavy (non-hydrogen) atoms. The number of anilines is 1. The number of benzene rings is 1. The van der Waals surface area contributed by atoms with Gasteiger partial charge < -0.3 is 14.8 Å². The van der Waals surface area contributed by atoms with Crippen molar-refractivity contribution in [3.05, 3.63) is 27.6 Å². The highest BCUT2D eigenvalue weighted by atomic mass is 127. The lowest BCUT2D eigenvalue weighted by molar-refractivity contribution is -0.142. The zero-order valence-electron chi connectivity index (χ0n) is 8.91. The van der Waals surface area contributed by atoms with Crippen LogP contribution in [0.15, 0.2) is 18.2 Å². The number of carbonyl (C=O) groups excluding carboxylic acids is 1. The van der Waals surface area contributed by atoms with Gasteiger partial charge in [-0.25, -0.2) is 4.39 Å². The van der Waals surface area contributed by atoms with Crippen molar-refractivity contribution in [3.8, 4) is 0 Å². The second-order valence-electron chi connectivity index (χ2n) is 3.55. The lowest BCUT2D eigenvalue weighted by Gasteiger charge is -2.22. The Morgan fingerprint density at radius 1 is 1.47 bits per heavy atom. The van der Waals surface area contributed by atoms with Gasteiger partial charge in [-0.1, -0.05) is 0 Å². The van der Waals surface area contributed by atoms with Gasteiger partial charge in [-0.2, -0.15) is 0 Å². The SMILES string of the molecule is O=C(Nc1ccc(F)cc1I)C1COCCO1. The summed E-state index contributed by atoms with van der Waals surface area (Å²) in [5, 5.41) is 2.69. The molecule has 1 heterocycles. The van der Waals surface area contributed by atoms with E-state index in [9.17, 15) is 9.18 Å². The van der Waals surface area contributed by atoms with Crippen LogP contribution in [-0.4, -0.2) is 31.8 Å². The summed E-state index contributed by atoms with van der Waals surface area (Å²) >= 11 is 1.96. The van der Waals surface area contributed by atoms with Crippen LogP contribution in [0.2, 0.25) is 0 Å². The van der Waals surface area contributed by atoms with E-state index < -0.39 is 6.10 Å². The fourth-order valence-corrected chi connectivity index (χ4v) is 2.06. The molecule has 1 amide bonds. The smallest absolute Gasteiger partial charge is 0.255 e. The molecule has 0 aromatic heterocycles. The van der Waals surface area contributed by atoms with Crippen molar-refractivity contribution in [3.63, 3.8) is 0 Å². The maximum Gasteiger partial charge on any atom is 0.255 e. The van der Waals surface area contributed by atoms with Gasteiger partial charge in [-0.3, -0.25) is 4.79 Å². The quantitative estimate of drug-likeness (QED) is 0.827. The van der Waals surface area contributed by atoms with E-state index in [1.54, 1.807) is 0 Å². The van der Waals surface area contributed by atoms with Crippen molar-refractivity contribution in [2.45, 2.75) is 6.10 Å². The molecule has 4 nitrogen and oxygen atoms in total. The van der Waals surface area contributed by atoms with Crippen LogP contribution >= 0.6 is 22.6 Å². The molecule has 2 rings (SSSR count). The Hall–Kier alpha value is -0.730. The summed E-state index contributed by atoms with van der Waals surface area (Å²) in [6.07, 6.45) is -0.593. The molecule has 1 aliphatic heterocycles. The normalized spacial score (nSPS) is 20.0. The highest BCUT2D eigenvalue weighted by Crippen LogP contribution is 2.19. The number of carbonyl (C=O) groups is 1. The van der Waals surface area contributed by atoms with E-state index in [0.29, 0.717) is 22.5 Å². The number of hydrogen-bond donors (Lipinski definition) is 1. The van der Waals surface area contributed by atoms with Crippen molar-refractivity contribution in [2.75, 3.05) is 25.1 Å². The second kappa shape index (κ2) is 5.74. The molecule has 0 bridgehead atoms. The van der Waals surface area contributed by atoms with Gasteiger partial charge in [0.1, 0.15) is 5.82 Å². The van der Waals surface area contributed by atoms with Crippen LogP contribution in [-0.2, 0) is 14.3 Å². The summed E-state index contributed by atoms with van der Waals surface area (Å²) in [6.45, 7) is 1.18. The molecule has 1 atom stereocenters. The number of hydrogen-bond acceptors (Lipinski definition) is 3. The molecule has 1 aromatic carbocycles. The summed E-state index contributed by atoms with van der Waals surface area (Å²) in [5.74, 6) is -0.598. The Morgan fingerprint density at radius 3 is 2.94 bits per heavy atom. The van der Waals surface area contributed by atoms with E-state index in [2.05, 4.69) is 5.32 Å². The van der Waals surface area contributed by atoms with Crippen LogP contribution in [0.3, 0.4) is 0 Å². The molecule has 1 N–H and O–H groups in total. The zero-order valence-corrected chi connectivity index (χ0v) is 11.1. The molecule has 6 heteroatoms. The lowest BCUT2D eigenvalue weighted by Crippen LogP contribution is -2.39. The van der Waals surface area contributed by atoms with E-state index in [1.807, 2.05) is 22.6 Å². The van der Waals surface area contributed by atoms with E-state index >= 15 is 0 Å². The summed E-state index contributed by atoms with van der Waals surface area (Å²) in [5.41, 5.74) is 0.575. The van der Waals surface area contributed by atoms with Crippen molar-refractivity contribution in [1.29, 1.82) is 0 Å². The molecule has 0 aliphatic carbocycles. The van der Waals surface area contributed by atoms with Gasteiger partial charge in [-0.05, 0) is 40.8 Å². The minimum atomic E-state index is -0.593. The molecule has 0 saturated carbocycles. The Morgan fingerprint density at radius 2 is 2.29 bits per heavy atom. The van der Waals surface area contributed by atoms with Crippen molar-refractivity contribution >= 4 is 34.2 Å². The average Bonchev–Trinajstić information content (AvgIpc) is 2.34. The van der Waals surface area contributed by atoms with E-state index in [-0.39, 0.29) is 18.3 Å². The molecular weight excluding hydrogens is 340 g/mol. The molecule has 1 aromatic rings. The van der Waals surface area contributed by atoms with Crippen LogP contribution in [0.1, 0.15) is 0 Å². The lowest BCUT2D eigenvalue weighted by atomic mass is 10.2. The third-order valence-electron chi connectivity index (χ3n) is 2.30. The molecule has 1 fully saturated rings. The largest absolute Gasteiger partial charge is 0.376 e. The van der Waals surface area contributed by atoms with Crippen molar-refractivity contribution < 1.29 is 18.7 Å². The van der Waals surface area contributed by atoms with Gasteiger partial charge in [0.15, 0.2) is 6.10 Å². The van der Waals surface area contributed by atoms with Gasteiger partial charge in [0, 0.05) is 3.57 Å². The molecular formula is C11H11FINO3. The highest BCUT2D eigenvalue weighted by molar-refractivity contribution is 14.1. The van der Waals surface area contributed by atoms with Gasteiger partial charge >= 0.3 is 0 Å². The van der Waals surface area contributed by atoms with Crippen LogP contribution in [0, 0.1) is 9.39 Å². The monoisotopic (exact) mass is 351 g/mol. The standard InChI is InChI=1S/C11H11FINO3/c12-7-1-2-9(8(13)5-7)14-11(15)10-6-16-3-4-17-10/h1-2,5,10H,3-4,6H2,(H,14,15). The predicted molar refractivity (Wildman–Crippen MR) is 68.3 cm³/mol. The Bertz CT molecular complexity index is 421. The first-order chi connectivity index (χ1) is 8.16. The Kier molecular flexibility index (Phi) is 4.30. The van der Waals surface area contributed by atoms with Crippen LogP contribution < -0.4 is 5.32 Å². The third kappa shape index (κ3) is 3.36. The van der Waals surface area contributed by atoms with Crippen molar-refractivity contribution in [1.82, 2.24) is 0 Å². The average molecular weight is 351 g/mol. The molecule has 1 aliphatic rings. The molecule has 0 radical (unpaired) electrons. The van der Waals surface area contributed by atoms with E-state index in [1.165, 1.54) is 18.2 Å². The maximum atomic E-state index is 12.9. The number of amides is 1. The summed E-state index contributed by atoms with van der Waals surface area (Å²) < 4.78 is 23.9. The van der Waals surface area contributed by atoms with Gasteiger partial charge in [-0.15, -0.1) is 0 Å². The summed E-state index contributed by atoms with van der Waals surface area (Å²) in [6, 6.07) is 4.18. The fourth-order valence-electron chi connectivity index (χ4n) is 1.44. The minimum Gasteiger partial charge on any atom is -0.376 e. The molecule has 1 unspecified atom stereocenters. The number of ether oxygens (including phenoxy) is 2. The van der Waals surface area contributed by atoms with Crippen LogP contribution in [0.5, 0.6) is 0 Å². The van der Waals surface area contributed by atoms with Crippen molar-refractivity contribution in [2.24, 2.45) is 0 Å². The Labute approximate surface area is 112 Å². The summed E-state index contributed by atoms with van der Waals surface area (Å²) in [4.78, 5) is 11.8. The first-order valence-corrected chi connectivity index (χ1v) is 6.20. The first-order valence-electron chi connectivity index (χ1n) is 5.12. The van der Waals surface area contributed by atoms with Crippen LogP contribution in [0.25, 0.3) is 0 Å². The van der Waals surface area contributed by atoms with Crippen LogP contribution in [0.4, 0.5) is 10.1 Å². The zero-order chi connectivity index (χ0) is 12.3. The molecule has 0 spiro atoms. The molecule has 1 saturated heterocycles. The number of halogens is 2. The topological polar surface area (TPSA) is 47.6 Å². The van der Waals surface area contributed by atoms with Gasteiger partial charge in [0.25, 0.3) is 5.91 Å². The molecule has 92 valence electrons. The van der Waals surface area contributed by atoms with E-state index in [4.69, 9.17) is 9.47 Å². The van der Waals surface area contributed by atoms with Gasteiger partial charge in [0.2, 0.25) is 0 Å². The maximum absolute atomic E-state index is 12.9. The predicted octanol–water partition coefficient (Wildman–Crippen LogP) is 1.78. The van der Waals surface area contributed by atoms with E-state index in [0.717, 1.165) is 0 Å². The minimum absolute atomic E-state index is 0.254. The number of nitrogens with one attached hydrogen (secondary N) is 1. The fraction of sp³-hybridized carbons (Fsp3) is 0.364. The first kappa shape index (κ1) is 12.7. The van der Waals surface area contributed by atoms with Gasteiger partial charge in [0.05, 0.1) is 25.5 Å². The third-order valence-corrected chi connectivity index (χ3v) is 3.19. The second-order valence-corrected chi connectivity index (χ2v) is 4.71. The Balaban J connectivity index is 2.02. The highest BCUT2D eigenvalue weighted by Gasteiger charge is 2.23. The summed E-state index contributed by atoms with van der Waals surface area (Å²) in [7, 11) is 0. The number of rotatable bonds is 2.